The maximum atomic E-state index is 10.6. The Hall–Kier alpha value is -1.07. The third-order valence-electron chi connectivity index (χ3n) is 3.98. The molecule has 0 bridgehead atoms. The summed E-state index contributed by atoms with van der Waals surface area (Å²) in [5.74, 6) is 0.449. The van der Waals surface area contributed by atoms with Gasteiger partial charge < -0.3 is 20.1 Å². The van der Waals surface area contributed by atoms with Crippen molar-refractivity contribution in [3.63, 3.8) is 0 Å². The highest BCUT2D eigenvalue weighted by Crippen LogP contribution is 2.26. The van der Waals surface area contributed by atoms with Gasteiger partial charge in [0.15, 0.2) is 0 Å². The smallest absolute Gasteiger partial charge is 0.404 e. The first kappa shape index (κ1) is 18.0. The fraction of sp³-hybridized carbons (Fsp3) is 0.812. The lowest BCUT2D eigenvalue weighted by molar-refractivity contribution is 0.00802. The van der Waals surface area contributed by atoms with Gasteiger partial charge in [-0.2, -0.15) is 0 Å². The molecule has 122 valence electrons. The van der Waals surface area contributed by atoms with Gasteiger partial charge in [-0.25, -0.2) is 4.79 Å². The monoisotopic (exact) mass is 298 g/mol. The zero-order valence-electron chi connectivity index (χ0n) is 13.3. The molecule has 5 nitrogen and oxygen atoms in total. The number of nitrogens with zero attached hydrogens (tertiary/aromatic N) is 1. The second-order valence-electron chi connectivity index (χ2n) is 5.90. The fourth-order valence-corrected chi connectivity index (χ4v) is 2.71. The summed E-state index contributed by atoms with van der Waals surface area (Å²) in [6.45, 7) is 7.07. The number of rotatable bonds is 10. The maximum absolute atomic E-state index is 10.6. The van der Waals surface area contributed by atoms with Crippen LogP contribution in [0.25, 0.3) is 0 Å². The molecule has 1 saturated carbocycles. The van der Waals surface area contributed by atoms with E-state index >= 15 is 0 Å². The van der Waals surface area contributed by atoms with Crippen LogP contribution in [0.4, 0.5) is 4.79 Å². The van der Waals surface area contributed by atoms with Crippen molar-refractivity contribution in [2.75, 3.05) is 33.4 Å². The quantitative estimate of drug-likeness (QED) is 0.497. The summed E-state index contributed by atoms with van der Waals surface area (Å²) in [5.41, 5.74) is 4.98. The van der Waals surface area contributed by atoms with Crippen LogP contribution in [0.3, 0.4) is 0 Å². The molecular formula is C16H30N2O3. The van der Waals surface area contributed by atoms with E-state index in [9.17, 15) is 4.79 Å². The SMILES string of the molecule is C=CCN(C)CCCCOC1CCC(COC(N)=O)CC1. The molecule has 5 heteroatoms. The van der Waals surface area contributed by atoms with Crippen LogP contribution in [0.5, 0.6) is 0 Å². The number of hydrogen-bond acceptors (Lipinski definition) is 4. The van der Waals surface area contributed by atoms with Gasteiger partial charge in [-0.15, -0.1) is 6.58 Å². The molecule has 0 unspecified atom stereocenters. The first-order valence-electron chi connectivity index (χ1n) is 7.95. The number of nitrogens with two attached hydrogens (primary N) is 1. The molecule has 0 spiro atoms. The fourth-order valence-electron chi connectivity index (χ4n) is 2.71. The Kier molecular flexibility index (Phi) is 9.10. The number of amides is 1. The summed E-state index contributed by atoms with van der Waals surface area (Å²) in [6.07, 6.45) is 8.12. The van der Waals surface area contributed by atoms with Crippen molar-refractivity contribution in [2.24, 2.45) is 11.7 Å². The second kappa shape index (κ2) is 10.6. The molecule has 1 aliphatic rings. The molecule has 2 N–H and O–H groups in total. The number of primary amides is 1. The Balaban J connectivity index is 1.98. The summed E-state index contributed by atoms with van der Waals surface area (Å²) in [7, 11) is 2.11. The summed E-state index contributed by atoms with van der Waals surface area (Å²) in [6, 6.07) is 0. The van der Waals surface area contributed by atoms with Crippen molar-refractivity contribution < 1.29 is 14.3 Å². The Morgan fingerprint density at radius 3 is 2.67 bits per heavy atom. The van der Waals surface area contributed by atoms with Gasteiger partial charge in [-0.3, -0.25) is 0 Å². The van der Waals surface area contributed by atoms with Crippen LogP contribution in [0.1, 0.15) is 38.5 Å². The highest BCUT2D eigenvalue weighted by molar-refractivity contribution is 5.64. The van der Waals surface area contributed by atoms with E-state index in [1.807, 2.05) is 6.08 Å². The van der Waals surface area contributed by atoms with E-state index in [0.717, 1.165) is 58.2 Å². The van der Waals surface area contributed by atoms with Crippen LogP contribution in [-0.4, -0.2) is 50.4 Å². The van der Waals surface area contributed by atoms with Gasteiger partial charge in [0.05, 0.1) is 12.7 Å². The van der Waals surface area contributed by atoms with E-state index in [-0.39, 0.29) is 0 Å². The number of unbranched alkanes of at least 4 members (excludes halogenated alkanes) is 1. The lowest BCUT2D eigenvalue weighted by Gasteiger charge is -2.28. The van der Waals surface area contributed by atoms with Crippen molar-refractivity contribution >= 4 is 6.09 Å². The average molecular weight is 298 g/mol. The molecule has 0 saturated heterocycles. The lowest BCUT2D eigenvalue weighted by atomic mass is 9.88. The first-order chi connectivity index (χ1) is 10.1. The molecule has 1 fully saturated rings. The third-order valence-corrected chi connectivity index (χ3v) is 3.98. The largest absolute Gasteiger partial charge is 0.449 e. The van der Waals surface area contributed by atoms with E-state index < -0.39 is 6.09 Å². The lowest BCUT2D eigenvalue weighted by Crippen LogP contribution is -2.26. The Morgan fingerprint density at radius 1 is 1.33 bits per heavy atom. The number of hydrogen-bond donors (Lipinski definition) is 1. The van der Waals surface area contributed by atoms with Crippen LogP contribution in [0, 0.1) is 5.92 Å². The van der Waals surface area contributed by atoms with Gasteiger partial charge >= 0.3 is 6.09 Å². The van der Waals surface area contributed by atoms with E-state index in [1.54, 1.807) is 0 Å². The predicted molar refractivity (Wildman–Crippen MR) is 84.2 cm³/mol. The summed E-state index contributed by atoms with van der Waals surface area (Å²) in [4.78, 5) is 12.8. The number of carbonyl (C=O) groups is 1. The average Bonchev–Trinajstić information content (AvgIpc) is 2.46. The predicted octanol–water partition coefficient (Wildman–Crippen LogP) is 2.56. The van der Waals surface area contributed by atoms with Gasteiger partial charge in [0.25, 0.3) is 0 Å². The molecule has 1 rings (SSSR count). The van der Waals surface area contributed by atoms with Crippen molar-refractivity contribution in [1.29, 1.82) is 0 Å². The molecule has 0 atom stereocenters. The van der Waals surface area contributed by atoms with Crippen LogP contribution in [0.2, 0.25) is 0 Å². The van der Waals surface area contributed by atoms with Crippen LogP contribution < -0.4 is 5.73 Å². The molecule has 0 aliphatic heterocycles. The molecule has 21 heavy (non-hydrogen) atoms. The molecule has 0 aromatic heterocycles. The van der Waals surface area contributed by atoms with Crippen molar-refractivity contribution in [2.45, 2.75) is 44.6 Å². The summed E-state index contributed by atoms with van der Waals surface area (Å²) in [5, 5.41) is 0. The van der Waals surface area contributed by atoms with Crippen molar-refractivity contribution in [3.8, 4) is 0 Å². The molecule has 1 aliphatic carbocycles. The normalized spacial score (nSPS) is 22.2. The summed E-state index contributed by atoms with van der Waals surface area (Å²) < 4.78 is 10.8. The third kappa shape index (κ3) is 8.73. The standard InChI is InChI=1S/C16H30N2O3/c1-3-10-18(2)11-4-5-12-20-15-8-6-14(7-9-15)13-21-16(17)19/h3,14-15H,1,4-13H2,2H3,(H2,17,19). The minimum absolute atomic E-state index is 0.376. The zero-order valence-corrected chi connectivity index (χ0v) is 13.3. The molecule has 0 aromatic carbocycles. The van der Waals surface area contributed by atoms with Crippen molar-refractivity contribution in [1.82, 2.24) is 4.90 Å². The topological polar surface area (TPSA) is 64.8 Å². The first-order valence-corrected chi connectivity index (χ1v) is 7.95. The molecule has 0 aromatic rings. The molecule has 1 amide bonds. The van der Waals surface area contributed by atoms with Gasteiger partial charge in [0.1, 0.15) is 0 Å². The minimum Gasteiger partial charge on any atom is -0.449 e. The number of ether oxygens (including phenoxy) is 2. The minimum atomic E-state index is -0.671. The molecular weight excluding hydrogens is 268 g/mol. The van der Waals surface area contributed by atoms with Crippen LogP contribution >= 0.6 is 0 Å². The molecule has 0 radical (unpaired) electrons. The Bertz CT molecular complexity index is 302. The van der Waals surface area contributed by atoms with E-state index in [0.29, 0.717) is 18.6 Å². The van der Waals surface area contributed by atoms with E-state index in [4.69, 9.17) is 15.2 Å². The van der Waals surface area contributed by atoms with Crippen LogP contribution in [0.15, 0.2) is 12.7 Å². The zero-order chi connectivity index (χ0) is 15.5. The Morgan fingerprint density at radius 2 is 2.05 bits per heavy atom. The van der Waals surface area contributed by atoms with Gasteiger partial charge in [-0.1, -0.05) is 6.08 Å². The van der Waals surface area contributed by atoms with E-state index in [2.05, 4.69) is 18.5 Å². The van der Waals surface area contributed by atoms with E-state index in [1.165, 1.54) is 0 Å². The van der Waals surface area contributed by atoms with Gasteiger partial charge in [-0.05, 0) is 58.0 Å². The molecule has 0 heterocycles. The Labute approximate surface area is 128 Å². The summed E-state index contributed by atoms with van der Waals surface area (Å²) >= 11 is 0. The highest BCUT2D eigenvalue weighted by atomic mass is 16.5. The van der Waals surface area contributed by atoms with Gasteiger partial charge in [0, 0.05) is 13.2 Å². The highest BCUT2D eigenvalue weighted by Gasteiger charge is 2.22. The van der Waals surface area contributed by atoms with Crippen LogP contribution in [-0.2, 0) is 9.47 Å². The maximum Gasteiger partial charge on any atom is 0.404 e. The number of likely N-dealkylation sites (N-methyl/N-ethyl adjacent to an activating group) is 1. The number of carbonyl (C=O) groups excluding carboxylic acids is 1. The van der Waals surface area contributed by atoms with Crippen molar-refractivity contribution in [3.05, 3.63) is 12.7 Å². The second-order valence-corrected chi connectivity index (χ2v) is 5.90. The van der Waals surface area contributed by atoms with Gasteiger partial charge in [0.2, 0.25) is 0 Å².